The lowest BCUT2D eigenvalue weighted by Gasteiger charge is -2.12. The molecule has 1 heterocycles. The van der Waals surface area contributed by atoms with Gasteiger partial charge >= 0.3 is 0 Å². The molecule has 0 atom stereocenters. The summed E-state index contributed by atoms with van der Waals surface area (Å²) in [6, 6.07) is 17.9. The minimum absolute atomic E-state index is 0.000858. The lowest BCUT2D eigenvalue weighted by Crippen LogP contribution is -2.27. The first-order valence-electron chi connectivity index (χ1n) is 9.83. The molecule has 0 aliphatic heterocycles. The summed E-state index contributed by atoms with van der Waals surface area (Å²) in [4.78, 5) is 16.8. The van der Waals surface area contributed by atoms with E-state index in [0.717, 1.165) is 39.4 Å². The minimum atomic E-state index is 0.000858. The molecule has 1 aromatic heterocycles. The topological polar surface area (TPSA) is 60.5 Å². The van der Waals surface area contributed by atoms with E-state index in [1.54, 1.807) is 0 Å². The van der Waals surface area contributed by atoms with Crippen LogP contribution in [0.15, 0.2) is 59.6 Å². The summed E-state index contributed by atoms with van der Waals surface area (Å²) in [5, 5.41) is 4.92. The molecule has 1 N–H and O–H groups in total. The molecule has 29 heavy (non-hydrogen) atoms. The summed E-state index contributed by atoms with van der Waals surface area (Å²) in [6.07, 6.45) is 0.733. The zero-order chi connectivity index (χ0) is 20.5. The number of hydrogen-bond acceptors (Lipinski definition) is 5. The summed E-state index contributed by atoms with van der Waals surface area (Å²) in [5.41, 5.74) is 2.04. The number of para-hydroxylation sites is 1. The highest BCUT2D eigenvalue weighted by Crippen LogP contribution is 2.28. The summed E-state index contributed by atoms with van der Waals surface area (Å²) >= 11 is 1.45. The maximum absolute atomic E-state index is 12.2. The van der Waals surface area contributed by atoms with E-state index in [-0.39, 0.29) is 5.91 Å². The third-order valence-corrected chi connectivity index (χ3v) is 5.20. The fourth-order valence-corrected chi connectivity index (χ4v) is 3.62. The maximum Gasteiger partial charge on any atom is 0.230 e. The van der Waals surface area contributed by atoms with E-state index in [1.165, 1.54) is 11.8 Å². The Labute approximate surface area is 175 Å². The van der Waals surface area contributed by atoms with Crippen LogP contribution in [0.5, 0.6) is 11.5 Å². The smallest absolute Gasteiger partial charge is 0.230 e. The molecule has 0 aliphatic carbocycles. The van der Waals surface area contributed by atoms with Gasteiger partial charge in [0.2, 0.25) is 5.91 Å². The van der Waals surface area contributed by atoms with Gasteiger partial charge in [0.05, 0.1) is 29.5 Å². The van der Waals surface area contributed by atoms with Gasteiger partial charge in [-0.2, -0.15) is 0 Å². The summed E-state index contributed by atoms with van der Waals surface area (Å²) in [6.45, 7) is 5.65. The number of thioether (sulfide) groups is 1. The van der Waals surface area contributed by atoms with Gasteiger partial charge in [0, 0.05) is 11.9 Å². The molecule has 1 amide bonds. The highest BCUT2D eigenvalue weighted by atomic mass is 32.2. The van der Waals surface area contributed by atoms with Gasteiger partial charge in [0.1, 0.15) is 0 Å². The third-order valence-electron chi connectivity index (χ3n) is 4.27. The van der Waals surface area contributed by atoms with E-state index in [0.29, 0.717) is 25.5 Å². The van der Waals surface area contributed by atoms with E-state index in [9.17, 15) is 4.79 Å². The molecule has 3 aromatic rings. The van der Waals surface area contributed by atoms with Crippen molar-refractivity contribution in [1.82, 2.24) is 10.3 Å². The largest absolute Gasteiger partial charge is 0.490 e. The fraction of sp³-hybridized carbons (Fsp3) is 0.304. The Balaban J connectivity index is 1.47. The molecule has 0 radical (unpaired) electrons. The highest BCUT2D eigenvalue weighted by molar-refractivity contribution is 7.99. The highest BCUT2D eigenvalue weighted by Gasteiger charge is 2.08. The monoisotopic (exact) mass is 410 g/mol. The van der Waals surface area contributed by atoms with Crippen LogP contribution < -0.4 is 14.8 Å². The van der Waals surface area contributed by atoms with E-state index in [4.69, 9.17) is 9.47 Å². The van der Waals surface area contributed by atoms with Gasteiger partial charge in [0.15, 0.2) is 11.5 Å². The van der Waals surface area contributed by atoms with Crippen molar-refractivity contribution >= 4 is 28.6 Å². The molecule has 2 aromatic carbocycles. The van der Waals surface area contributed by atoms with Gasteiger partial charge in [-0.1, -0.05) is 42.1 Å². The van der Waals surface area contributed by atoms with Crippen molar-refractivity contribution in [3.05, 3.63) is 60.2 Å². The van der Waals surface area contributed by atoms with Crippen molar-refractivity contribution in [1.29, 1.82) is 0 Å². The predicted octanol–water partition coefficient (Wildman–Crippen LogP) is 4.48. The average molecular weight is 411 g/mol. The van der Waals surface area contributed by atoms with Crippen molar-refractivity contribution in [2.75, 3.05) is 25.5 Å². The molecule has 0 aliphatic rings. The van der Waals surface area contributed by atoms with Gasteiger partial charge in [-0.05, 0) is 50.1 Å². The number of rotatable bonds is 10. The zero-order valence-corrected chi connectivity index (χ0v) is 17.6. The second-order valence-electron chi connectivity index (χ2n) is 6.38. The van der Waals surface area contributed by atoms with Crippen molar-refractivity contribution in [2.45, 2.75) is 25.3 Å². The zero-order valence-electron chi connectivity index (χ0n) is 16.8. The summed E-state index contributed by atoms with van der Waals surface area (Å²) in [5.74, 6) is 1.84. The number of nitrogens with one attached hydrogen (secondary N) is 1. The minimum Gasteiger partial charge on any atom is -0.490 e. The number of pyridine rings is 1. The molecular weight excluding hydrogens is 384 g/mol. The van der Waals surface area contributed by atoms with Gasteiger partial charge in [-0.3, -0.25) is 4.79 Å². The fourth-order valence-electron chi connectivity index (χ4n) is 2.92. The van der Waals surface area contributed by atoms with Crippen molar-refractivity contribution in [3.8, 4) is 11.5 Å². The Hall–Kier alpha value is -2.73. The van der Waals surface area contributed by atoms with Crippen LogP contribution >= 0.6 is 11.8 Å². The molecule has 0 spiro atoms. The maximum atomic E-state index is 12.2. The van der Waals surface area contributed by atoms with Crippen LogP contribution in [0.2, 0.25) is 0 Å². The quantitative estimate of drug-likeness (QED) is 0.499. The molecular formula is C23H26N2O3S. The average Bonchev–Trinajstić information content (AvgIpc) is 2.74. The van der Waals surface area contributed by atoms with Gasteiger partial charge in [0.25, 0.3) is 0 Å². The lowest BCUT2D eigenvalue weighted by atomic mass is 10.1. The number of nitrogens with zero attached hydrogens (tertiary/aromatic N) is 1. The molecule has 3 rings (SSSR count). The first-order valence-corrected chi connectivity index (χ1v) is 10.8. The first-order chi connectivity index (χ1) is 14.2. The van der Waals surface area contributed by atoms with Crippen LogP contribution in [0.3, 0.4) is 0 Å². The second kappa shape index (κ2) is 10.7. The Morgan fingerprint density at radius 1 is 1.00 bits per heavy atom. The van der Waals surface area contributed by atoms with Crippen molar-refractivity contribution in [3.63, 3.8) is 0 Å². The van der Waals surface area contributed by atoms with Gasteiger partial charge in [-0.15, -0.1) is 0 Å². The van der Waals surface area contributed by atoms with Crippen LogP contribution in [0.25, 0.3) is 10.9 Å². The number of carbonyl (C=O) groups excluding carboxylic acids is 1. The summed E-state index contributed by atoms with van der Waals surface area (Å²) < 4.78 is 11.2. The number of ether oxygens (including phenoxy) is 2. The molecule has 6 heteroatoms. The van der Waals surface area contributed by atoms with E-state index >= 15 is 0 Å². The Bertz CT molecular complexity index is 962. The lowest BCUT2D eigenvalue weighted by molar-refractivity contribution is -0.118. The van der Waals surface area contributed by atoms with E-state index in [2.05, 4.69) is 10.3 Å². The van der Waals surface area contributed by atoms with Crippen molar-refractivity contribution < 1.29 is 14.3 Å². The molecule has 152 valence electrons. The molecule has 5 nitrogen and oxygen atoms in total. The Kier molecular flexibility index (Phi) is 7.76. The molecule has 0 unspecified atom stereocenters. The number of benzene rings is 2. The van der Waals surface area contributed by atoms with Gasteiger partial charge in [-0.25, -0.2) is 4.98 Å². The molecule has 0 fully saturated rings. The van der Waals surface area contributed by atoms with E-state index < -0.39 is 0 Å². The number of aromatic nitrogens is 1. The van der Waals surface area contributed by atoms with Crippen LogP contribution in [0, 0.1) is 0 Å². The summed E-state index contributed by atoms with van der Waals surface area (Å²) in [7, 11) is 0. The molecule has 0 bridgehead atoms. The number of amides is 1. The van der Waals surface area contributed by atoms with Crippen molar-refractivity contribution in [2.24, 2.45) is 0 Å². The first kappa shape index (κ1) is 21.0. The molecule has 0 saturated carbocycles. The third kappa shape index (κ3) is 6.12. The number of hydrogen-bond donors (Lipinski definition) is 1. The number of fused-ring (bicyclic) bond motifs is 1. The predicted molar refractivity (Wildman–Crippen MR) is 118 cm³/mol. The van der Waals surface area contributed by atoms with Crippen LogP contribution in [0.4, 0.5) is 0 Å². The molecule has 0 saturated heterocycles. The number of carbonyl (C=O) groups is 1. The Morgan fingerprint density at radius 2 is 1.79 bits per heavy atom. The standard InChI is InChI=1S/C23H26N2O3S/c1-3-27-20-11-9-17(15-21(20)28-4-2)13-14-24-22(26)16-29-23-12-10-18-7-5-6-8-19(18)25-23/h5-12,15H,3-4,13-14,16H2,1-2H3,(H,24,26). The normalized spacial score (nSPS) is 10.7. The second-order valence-corrected chi connectivity index (χ2v) is 7.37. The van der Waals surface area contributed by atoms with Gasteiger partial charge < -0.3 is 14.8 Å². The Morgan fingerprint density at radius 3 is 2.62 bits per heavy atom. The van der Waals surface area contributed by atoms with E-state index in [1.807, 2.05) is 68.4 Å². The van der Waals surface area contributed by atoms with Crippen LogP contribution in [-0.4, -0.2) is 36.4 Å². The van der Waals surface area contributed by atoms with Crippen LogP contribution in [-0.2, 0) is 11.2 Å². The van der Waals surface area contributed by atoms with Crippen LogP contribution in [0.1, 0.15) is 19.4 Å². The SMILES string of the molecule is CCOc1ccc(CCNC(=O)CSc2ccc3ccccc3n2)cc1OCC.